The fourth-order valence-corrected chi connectivity index (χ4v) is 4.09. The van der Waals surface area contributed by atoms with Crippen LogP contribution in [0.5, 0.6) is 0 Å². The molecule has 114 valence electrons. The molecule has 0 bridgehead atoms. The number of hydrogen-bond donors (Lipinski definition) is 1. The minimum absolute atomic E-state index is 0.117. The standard InChI is InChI=1S/C15H17N5OS/c1-9-10-4-6-22-12(10)3-5-20(9)8-13-17-14-11(15(21)18-13)7-16-19(14)2/h4,6-7,9H,3,5,8H2,1-2H3,(H,17,18,21). The van der Waals surface area contributed by atoms with Gasteiger partial charge >= 0.3 is 0 Å². The second-order valence-corrected chi connectivity index (χ2v) is 6.71. The van der Waals surface area contributed by atoms with Crippen LogP contribution in [0, 0.1) is 0 Å². The highest BCUT2D eigenvalue weighted by Gasteiger charge is 2.25. The maximum absolute atomic E-state index is 12.1. The van der Waals surface area contributed by atoms with Crippen molar-refractivity contribution < 1.29 is 0 Å². The zero-order valence-corrected chi connectivity index (χ0v) is 13.4. The minimum atomic E-state index is -0.117. The molecule has 1 atom stereocenters. The topological polar surface area (TPSA) is 66.8 Å². The van der Waals surface area contributed by atoms with Crippen molar-refractivity contribution in [2.45, 2.75) is 25.9 Å². The lowest BCUT2D eigenvalue weighted by molar-refractivity contribution is 0.186. The molecule has 0 fully saturated rings. The van der Waals surface area contributed by atoms with Gasteiger partial charge in [0.2, 0.25) is 0 Å². The number of aromatic nitrogens is 4. The summed E-state index contributed by atoms with van der Waals surface area (Å²) in [5.41, 5.74) is 1.92. The van der Waals surface area contributed by atoms with Gasteiger partial charge in [-0.15, -0.1) is 11.3 Å². The van der Waals surface area contributed by atoms with Gasteiger partial charge in [0, 0.05) is 24.5 Å². The lowest BCUT2D eigenvalue weighted by atomic mass is 10.0. The third-order valence-electron chi connectivity index (χ3n) is 4.41. The number of thiophene rings is 1. The number of H-pyrrole nitrogens is 1. The van der Waals surface area contributed by atoms with Crippen molar-refractivity contribution >= 4 is 22.4 Å². The van der Waals surface area contributed by atoms with Gasteiger partial charge in [-0.2, -0.15) is 5.10 Å². The second-order valence-electron chi connectivity index (χ2n) is 5.71. The first-order valence-corrected chi connectivity index (χ1v) is 8.22. The summed E-state index contributed by atoms with van der Waals surface area (Å²) >= 11 is 1.83. The Morgan fingerprint density at radius 3 is 3.23 bits per heavy atom. The molecule has 3 aromatic heterocycles. The number of fused-ring (bicyclic) bond motifs is 2. The predicted molar refractivity (Wildman–Crippen MR) is 86.0 cm³/mol. The van der Waals surface area contributed by atoms with Gasteiger partial charge in [-0.3, -0.25) is 14.4 Å². The summed E-state index contributed by atoms with van der Waals surface area (Å²) < 4.78 is 1.64. The zero-order valence-electron chi connectivity index (χ0n) is 12.5. The Morgan fingerprint density at radius 1 is 1.50 bits per heavy atom. The third kappa shape index (κ3) is 2.08. The van der Waals surface area contributed by atoms with Gasteiger partial charge in [0.1, 0.15) is 11.2 Å². The first-order chi connectivity index (χ1) is 10.6. The predicted octanol–water partition coefficient (Wildman–Crippen LogP) is 1.84. The van der Waals surface area contributed by atoms with Gasteiger partial charge in [-0.05, 0) is 30.4 Å². The molecule has 4 heterocycles. The largest absolute Gasteiger partial charge is 0.309 e. The van der Waals surface area contributed by atoms with Gasteiger partial charge in [-0.25, -0.2) is 4.98 Å². The van der Waals surface area contributed by atoms with Crippen LogP contribution < -0.4 is 5.56 Å². The molecule has 0 amide bonds. The Labute approximate surface area is 131 Å². The SMILES string of the molecule is CC1c2ccsc2CCN1Cc1nc2c(cnn2C)c(=O)[nH]1. The van der Waals surface area contributed by atoms with Crippen molar-refractivity contribution in [2.24, 2.45) is 7.05 Å². The average molecular weight is 315 g/mol. The normalized spacial score (nSPS) is 18.7. The van der Waals surface area contributed by atoms with Crippen molar-refractivity contribution in [1.29, 1.82) is 0 Å². The van der Waals surface area contributed by atoms with E-state index in [9.17, 15) is 4.79 Å². The highest BCUT2D eigenvalue weighted by Crippen LogP contribution is 2.33. The molecule has 4 rings (SSSR count). The number of aryl methyl sites for hydroxylation is 1. The molecule has 0 aliphatic carbocycles. The Morgan fingerprint density at radius 2 is 2.36 bits per heavy atom. The zero-order chi connectivity index (χ0) is 15.3. The summed E-state index contributed by atoms with van der Waals surface area (Å²) in [6, 6.07) is 2.56. The number of nitrogens with zero attached hydrogens (tertiary/aromatic N) is 4. The summed E-state index contributed by atoms with van der Waals surface area (Å²) in [7, 11) is 1.81. The van der Waals surface area contributed by atoms with E-state index >= 15 is 0 Å². The molecule has 3 aromatic rings. The minimum Gasteiger partial charge on any atom is -0.309 e. The van der Waals surface area contributed by atoms with Crippen molar-refractivity contribution in [2.75, 3.05) is 6.54 Å². The van der Waals surface area contributed by atoms with Gasteiger partial charge in [0.05, 0.1) is 12.7 Å². The Bertz CT molecular complexity index is 893. The van der Waals surface area contributed by atoms with Crippen molar-refractivity contribution in [3.8, 4) is 0 Å². The molecule has 1 aliphatic heterocycles. The number of hydrogen-bond acceptors (Lipinski definition) is 5. The van der Waals surface area contributed by atoms with Crippen LogP contribution in [0.2, 0.25) is 0 Å². The van der Waals surface area contributed by atoms with E-state index in [-0.39, 0.29) is 5.56 Å². The fraction of sp³-hybridized carbons (Fsp3) is 0.400. The summed E-state index contributed by atoms with van der Waals surface area (Å²) in [6.07, 6.45) is 2.63. The maximum Gasteiger partial charge on any atom is 0.262 e. The Balaban J connectivity index is 1.67. The van der Waals surface area contributed by atoms with Crippen molar-refractivity contribution in [1.82, 2.24) is 24.6 Å². The molecule has 1 aliphatic rings. The molecule has 6 nitrogen and oxygen atoms in total. The number of nitrogens with one attached hydrogen (secondary N) is 1. The van der Waals surface area contributed by atoms with Crippen molar-refractivity contribution in [3.05, 3.63) is 44.3 Å². The van der Waals surface area contributed by atoms with Crippen LogP contribution in [-0.4, -0.2) is 31.2 Å². The molecule has 0 radical (unpaired) electrons. The van der Waals surface area contributed by atoms with Crippen LogP contribution in [0.3, 0.4) is 0 Å². The van der Waals surface area contributed by atoms with Crippen LogP contribution in [0.4, 0.5) is 0 Å². The molecule has 0 saturated heterocycles. The van der Waals surface area contributed by atoms with E-state index < -0.39 is 0 Å². The lowest BCUT2D eigenvalue weighted by Crippen LogP contribution is -2.33. The first-order valence-electron chi connectivity index (χ1n) is 7.34. The Kier molecular flexibility index (Phi) is 3.12. The van der Waals surface area contributed by atoms with E-state index in [1.54, 1.807) is 17.9 Å². The average Bonchev–Trinajstić information content (AvgIpc) is 3.10. The van der Waals surface area contributed by atoms with Gasteiger partial charge in [-0.1, -0.05) is 0 Å². The molecular formula is C15H17N5OS. The van der Waals surface area contributed by atoms with Crippen LogP contribution in [0.1, 0.15) is 29.2 Å². The van der Waals surface area contributed by atoms with Gasteiger partial charge < -0.3 is 4.98 Å². The summed E-state index contributed by atoms with van der Waals surface area (Å²) in [5.74, 6) is 0.701. The van der Waals surface area contributed by atoms with Crippen LogP contribution in [0.25, 0.3) is 11.0 Å². The smallest absolute Gasteiger partial charge is 0.262 e. The van der Waals surface area contributed by atoms with Crippen LogP contribution >= 0.6 is 11.3 Å². The van der Waals surface area contributed by atoms with Crippen LogP contribution in [0.15, 0.2) is 22.4 Å². The van der Waals surface area contributed by atoms with E-state index in [0.29, 0.717) is 29.4 Å². The highest BCUT2D eigenvalue weighted by atomic mass is 32.1. The number of aromatic amines is 1. The molecule has 1 unspecified atom stereocenters. The summed E-state index contributed by atoms with van der Waals surface area (Å²) in [4.78, 5) is 23.4. The molecular weight excluding hydrogens is 298 g/mol. The van der Waals surface area contributed by atoms with E-state index in [0.717, 1.165) is 13.0 Å². The van der Waals surface area contributed by atoms with Gasteiger partial charge in [0.15, 0.2) is 5.65 Å². The molecule has 0 spiro atoms. The molecule has 0 aromatic carbocycles. The molecule has 1 N–H and O–H groups in total. The monoisotopic (exact) mass is 315 g/mol. The van der Waals surface area contributed by atoms with Crippen LogP contribution in [-0.2, 0) is 20.0 Å². The highest BCUT2D eigenvalue weighted by molar-refractivity contribution is 7.10. The molecule has 0 saturated carbocycles. The van der Waals surface area contributed by atoms with Gasteiger partial charge in [0.25, 0.3) is 5.56 Å². The van der Waals surface area contributed by atoms with E-state index in [4.69, 9.17) is 0 Å². The summed E-state index contributed by atoms with van der Waals surface area (Å²) in [6.45, 7) is 3.85. The fourth-order valence-electron chi connectivity index (χ4n) is 3.12. The molecule has 22 heavy (non-hydrogen) atoms. The van der Waals surface area contributed by atoms with E-state index in [1.165, 1.54) is 10.4 Å². The number of rotatable bonds is 2. The quantitative estimate of drug-likeness (QED) is 0.783. The third-order valence-corrected chi connectivity index (χ3v) is 5.40. The maximum atomic E-state index is 12.1. The van der Waals surface area contributed by atoms with E-state index in [1.807, 2.05) is 11.3 Å². The molecule has 7 heteroatoms. The van der Waals surface area contributed by atoms with E-state index in [2.05, 4.69) is 38.3 Å². The summed E-state index contributed by atoms with van der Waals surface area (Å²) in [5, 5.41) is 6.80. The van der Waals surface area contributed by atoms with Crippen molar-refractivity contribution in [3.63, 3.8) is 0 Å². The first kappa shape index (κ1) is 13.7. The Hall–Kier alpha value is -1.99. The second kappa shape index (κ2) is 5.03. The lowest BCUT2D eigenvalue weighted by Gasteiger charge is -2.33.